The molecule has 1 rings (SSSR count). The molecule has 0 aliphatic heterocycles. The summed E-state index contributed by atoms with van der Waals surface area (Å²) in [5.41, 5.74) is 1.71. The lowest BCUT2D eigenvalue weighted by molar-refractivity contribution is 0.0977. The highest BCUT2D eigenvalue weighted by Gasteiger charge is 2.11. The summed E-state index contributed by atoms with van der Waals surface area (Å²) in [4.78, 5) is 11.9. The molecule has 0 N–H and O–H groups in total. The molecule has 1 aromatic rings. The van der Waals surface area contributed by atoms with E-state index in [1.54, 1.807) is 7.11 Å². The number of aryl methyl sites for hydroxylation is 1. The van der Waals surface area contributed by atoms with Crippen molar-refractivity contribution < 1.29 is 9.53 Å². The number of benzene rings is 1. The quantitative estimate of drug-likeness (QED) is 0.429. The van der Waals surface area contributed by atoms with Crippen LogP contribution in [0, 0.1) is 19.3 Å². The van der Waals surface area contributed by atoms with E-state index in [1.165, 1.54) is 0 Å². The van der Waals surface area contributed by atoms with Crippen molar-refractivity contribution in [3.05, 3.63) is 29.3 Å². The number of Topliss-reactive ketones (excluding diaryl/α,β-unsaturated/α-hetero) is 1. The van der Waals surface area contributed by atoms with Crippen molar-refractivity contribution in [3.63, 3.8) is 0 Å². The summed E-state index contributed by atoms with van der Waals surface area (Å²) in [6.45, 7) is 1.96. The molecule has 0 aliphatic carbocycles. The number of carbonyl (C=O) groups excluding carboxylic acids is 1. The number of hydrogen-bond donors (Lipinski definition) is 0. The molecule has 0 saturated carbocycles. The summed E-state index contributed by atoms with van der Waals surface area (Å²) < 4.78 is 5.17. The van der Waals surface area contributed by atoms with Gasteiger partial charge in [0.2, 0.25) is 0 Å². The van der Waals surface area contributed by atoms with E-state index in [2.05, 4.69) is 5.92 Å². The van der Waals surface area contributed by atoms with Gasteiger partial charge in [0.25, 0.3) is 0 Å². The lowest BCUT2D eigenvalue weighted by atomic mass is 10.0. The van der Waals surface area contributed by atoms with Crippen molar-refractivity contribution in [1.82, 2.24) is 0 Å². The van der Waals surface area contributed by atoms with Crippen LogP contribution < -0.4 is 4.74 Å². The van der Waals surface area contributed by atoms with Gasteiger partial charge in [0.1, 0.15) is 5.75 Å². The smallest absolute Gasteiger partial charge is 0.166 e. The lowest BCUT2D eigenvalue weighted by Gasteiger charge is -2.08. The number of terminal acetylenes is 1. The molecule has 0 aliphatic rings. The SMILES string of the molecule is C#CCCCC(=O)c1cc(C)ccc1OC. The van der Waals surface area contributed by atoms with Crippen LogP contribution in [0.1, 0.15) is 35.2 Å². The van der Waals surface area contributed by atoms with Gasteiger partial charge in [-0.2, -0.15) is 0 Å². The van der Waals surface area contributed by atoms with Crippen molar-refractivity contribution >= 4 is 5.78 Å². The zero-order valence-electron chi connectivity index (χ0n) is 9.75. The monoisotopic (exact) mass is 216 g/mol. The molecule has 0 radical (unpaired) electrons. The molecular weight excluding hydrogens is 200 g/mol. The Morgan fingerprint density at radius 2 is 2.25 bits per heavy atom. The van der Waals surface area contributed by atoms with Crippen LogP contribution in [-0.2, 0) is 0 Å². The fraction of sp³-hybridized carbons (Fsp3) is 0.357. The Hall–Kier alpha value is -1.75. The number of methoxy groups -OCH3 is 1. The summed E-state index contributed by atoms with van der Waals surface area (Å²) in [7, 11) is 1.57. The minimum atomic E-state index is 0.0933. The van der Waals surface area contributed by atoms with Crippen molar-refractivity contribution in [1.29, 1.82) is 0 Å². The number of carbonyl (C=O) groups is 1. The fourth-order valence-electron chi connectivity index (χ4n) is 1.53. The van der Waals surface area contributed by atoms with Gasteiger partial charge in [-0.05, 0) is 25.5 Å². The van der Waals surface area contributed by atoms with Crippen LogP contribution in [0.2, 0.25) is 0 Å². The van der Waals surface area contributed by atoms with Crippen molar-refractivity contribution in [2.75, 3.05) is 7.11 Å². The molecule has 0 spiro atoms. The van der Waals surface area contributed by atoms with Crippen LogP contribution in [0.5, 0.6) is 5.75 Å². The lowest BCUT2D eigenvalue weighted by Crippen LogP contribution is -2.02. The number of rotatable bonds is 5. The maximum atomic E-state index is 11.9. The van der Waals surface area contributed by atoms with Gasteiger partial charge in [-0.3, -0.25) is 4.79 Å². The van der Waals surface area contributed by atoms with Crippen LogP contribution in [0.4, 0.5) is 0 Å². The van der Waals surface area contributed by atoms with Gasteiger partial charge in [0, 0.05) is 12.8 Å². The maximum Gasteiger partial charge on any atom is 0.166 e. The van der Waals surface area contributed by atoms with E-state index in [4.69, 9.17) is 11.2 Å². The van der Waals surface area contributed by atoms with Gasteiger partial charge in [-0.15, -0.1) is 12.3 Å². The summed E-state index contributed by atoms with van der Waals surface area (Å²) in [5, 5.41) is 0. The Labute approximate surface area is 96.6 Å². The van der Waals surface area contributed by atoms with Gasteiger partial charge in [-0.1, -0.05) is 11.6 Å². The third-order valence-electron chi connectivity index (χ3n) is 2.38. The molecule has 2 nitrogen and oxygen atoms in total. The topological polar surface area (TPSA) is 26.3 Å². The fourth-order valence-corrected chi connectivity index (χ4v) is 1.53. The first-order valence-corrected chi connectivity index (χ1v) is 5.30. The van der Waals surface area contributed by atoms with Gasteiger partial charge in [0.05, 0.1) is 12.7 Å². The van der Waals surface area contributed by atoms with Crippen LogP contribution in [0.25, 0.3) is 0 Å². The average Bonchev–Trinajstić information content (AvgIpc) is 2.29. The molecule has 0 amide bonds. The van der Waals surface area contributed by atoms with Crippen molar-refractivity contribution in [3.8, 4) is 18.1 Å². The Morgan fingerprint density at radius 3 is 2.88 bits per heavy atom. The van der Waals surface area contributed by atoms with Crippen molar-refractivity contribution in [2.45, 2.75) is 26.2 Å². The van der Waals surface area contributed by atoms with E-state index in [0.717, 1.165) is 12.0 Å². The molecule has 84 valence electrons. The van der Waals surface area contributed by atoms with Gasteiger partial charge < -0.3 is 4.74 Å². The number of hydrogen-bond acceptors (Lipinski definition) is 2. The molecule has 0 heterocycles. The van der Waals surface area contributed by atoms with Crippen LogP contribution in [0.3, 0.4) is 0 Å². The zero-order valence-corrected chi connectivity index (χ0v) is 9.75. The number of ether oxygens (including phenoxy) is 1. The normalized spacial score (nSPS) is 9.56. The predicted octanol–water partition coefficient (Wildman–Crippen LogP) is 2.99. The third kappa shape index (κ3) is 3.13. The first-order valence-electron chi connectivity index (χ1n) is 5.30. The van der Waals surface area contributed by atoms with Gasteiger partial charge in [0.15, 0.2) is 5.78 Å². The molecule has 0 aromatic heterocycles. The highest BCUT2D eigenvalue weighted by atomic mass is 16.5. The van der Waals surface area contributed by atoms with Crippen LogP contribution in [0.15, 0.2) is 18.2 Å². The summed E-state index contributed by atoms with van der Waals surface area (Å²) in [5.74, 6) is 3.26. The maximum absolute atomic E-state index is 11.9. The molecule has 0 bridgehead atoms. The van der Waals surface area contributed by atoms with E-state index in [-0.39, 0.29) is 5.78 Å². The van der Waals surface area contributed by atoms with E-state index < -0.39 is 0 Å². The van der Waals surface area contributed by atoms with Crippen molar-refractivity contribution in [2.24, 2.45) is 0 Å². The van der Waals surface area contributed by atoms with Gasteiger partial charge in [-0.25, -0.2) is 0 Å². The van der Waals surface area contributed by atoms with Crippen LogP contribution >= 0.6 is 0 Å². The molecule has 1 aromatic carbocycles. The minimum absolute atomic E-state index is 0.0933. The zero-order chi connectivity index (χ0) is 12.0. The Balaban J connectivity index is 2.81. The summed E-state index contributed by atoms with van der Waals surface area (Å²) >= 11 is 0. The number of unbranched alkanes of at least 4 members (excludes halogenated alkanes) is 1. The molecule has 2 heteroatoms. The molecule has 0 atom stereocenters. The van der Waals surface area contributed by atoms with E-state index >= 15 is 0 Å². The summed E-state index contributed by atoms with van der Waals surface area (Å²) in [6.07, 6.45) is 6.99. The van der Waals surface area contributed by atoms with E-state index in [1.807, 2.05) is 25.1 Å². The summed E-state index contributed by atoms with van der Waals surface area (Å²) in [6, 6.07) is 5.61. The Morgan fingerprint density at radius 1 is 1.50 bits per heavy atom. The average molecular weight is 216 g/mol. The van der Waals surface area contributed by atoms with Crippen LogP contribution in [-0.4, -0.2) is 12.9 Å². The second-order valence-corrected chi connectivity index (χ2v) is 3.68. The standard InChI is InChI=1S/C14H16O2/c1-4-5-6-7-13(15)12-10-11(2)8-9-14(12)16-3/h1,8-10H,5-7H2,2-3H3. The second-order valence-electron chi connectivity index (χ2n) is 3.68. The third-order valence-corrected chi connectivity index (χ3v) is 2.38. The van der Waals surface area contributed by atoms with E-state index in [0.29, 0.717) is 24.2 Å². The first-order chi connectivity index (χ1) is 7.69. The highest BCUT2D eigenvalue weighted by molar-refractivity contribution is 5.98. The minimum Gasteiger partial charge on any atom is -0.496 e. The molecular formula is C14H16O2. The van der Waals surface area contributed by atoms with E-state index in [9.17, 15) is 4.79 Å². The highest BCUT2D eigenvalue weighted by Crippen LogP contribution is 2.21. The van der Waals surface area contributed by atoms with Gasteiger partial charge >= 0.3 is 0 Å². The molecule has 0 fully saturated rings. The molecule has 0 unspecified atom stereocenters. The second kappa shape index (κ2) is 5.97. The Kier molecular flexibility index (Phi) is 4.60. The first kappa shape index (κ1) is 12.3. The predicted molar refractivity (Wildman–Crippen MR) is 64.7 cm³/mol. The Bertz CT molecular complexity index is 413. The molecule has 16 heavy (non-hydrogen) atoms. The molecule has 0 saturated heterocycles. The number of ketones is 1. The largest absolute Gasteiger partial charge is 0.496 e.